The average Bonchev–Trinajstić information content (AvgIpc) is 1.72. The van der Waals surface area contributed by atoms with Crippen molar-refractivity contribution in [3.05, 3.63) is 286 Å². The molecule has 10 rings (SSSR count). The smallest absolute Gasteiger partial charge is 0.331 e. The number of hydrogen-bond acceptors (Lipinski definition) is 8. The van der Waals surface area contributed by atoms with Crippen LogP contribution in [0.1, 0.15) is 55.5 Å². The van der Waals surface area contributed by atoms with Gasteiger partial charge in [-0.25, -0.2) is 9.59 Å². The van der Waals surface area contributed by atoms with Crippen molar-refractivity contribution in [3.8, 4) is 0 Å². The number of rotatable bonds is 11. The van der Waals surface area contributed by atoms with Gasteiger partial charge in [-0.05, 0) is 201 Å². The molecule has 1 unspecified atom stereocenters. The number of nitrogens with two attached hydrogens (primary N) is 1. The van der Waals surface area contributed by atoms with Crippen LogP contribution in [-0.4, -0.2) is 46.4 Å². The number of ketones is 3. The first-order valence-electron chi connectivity index (χ1n) is 25.6. The zero-order chi connectivity index (χ0) is 65.5. The summed E-state index contributed by atoms with van der Waals surface area (Å²) < 4.78 is 2.03. The van der Waals surface area contributed by atoms with Gasteiger partial charge in [-0.1, -0.05) is 188 Å². The summed E-state index contributed by atoms with van der Waals surface area (Å²) in [6, 6.07) is 54.3. The fraction of sp³-hybridized carbons (Fsp3) is 0.0923. The van der Waals surface area contributed by atoms with Gasteiger partial charge >= 0.3 is 6.03 Å². The second-order valence-corrected chi connectivity index (χ2v) is 25.7. The van der Waals surface area contributed by atoms with E-state index in [2.05, 4.69) is 52.8 Å². The van der Waals surface area contributed by atoms with E-state index in [1.165, 1.54) is 22.8 Å². The van der Waals surface area contributed by atoms with Gasteiger partial charge in [-0.2, -0.15) is 4.99 Å². The predicted molar refractivity (Wildman–Crippen MR) is 381 cm³/mol. The van der Waals surface area contributed by atoms with Crippen LogP contribution in [0.25, 0.3) is 0 Å². The molecule has 460 valence electrons. The molecule has 89 heavy (non-hydrogen) atoms. The van der Waals surface area contributed by atoms with Crippen molar-refractivity contribution in [2.24, 2.45) is 4.99 Å². The van der Waals surface area contributed by atoms with E-state index < -0.39 is 11.8 Å². The number of aryl methyl sites for hydroxylation is 1. The maximum absolute atomic E-state index is 13.4. The van der Waals surface area contributed by atoms with Crippen LogP contribution in [0.3, 0.4) is 0 Å². The number of nitrogens with zero attached hydrogens (tertiary/aromatic N) is 3. The minimum absolute atomic E-state index is 0.0272. The molecule has 1 atom stereocenters. The van der Waals surface area contributed by atoms with Crippen LogP contribution < -0.4 is 15.5 Å². The van der Waals surface area contributed by atoms with Gasteiger partial charge in [0, 0.05) is 110 Å². The molecule has 0 saturated carbocycles. The molecule has 24 heteroatoms. The number of halogens is 14. The summed E-state index contributed by atoms with van der Waals surface area (Å²) in [6.45, 7) is 1.44. The van der Waals surface area contributed by atoms with E-state index in [-0.39, 0.29) is 29.2 Å². The van der Waals surface area contributed by atoms with Crippen molar-refractivity contribution in [2.75, 3.05) is 27.4 Å². The number of benzene rings is 9. The molecule has 0 radical (unpaired) electrons. The van der Waals surface area contributed by atoms with Gasteiger partial charge in [0.2, 0.25) is 6.08 Å². The zero-order valence-electron chi connectivity index (χ0n) is 46.0. The summed E-state index contributed by atoms with van der Waals surface area (Å²) >= 11 is 74.2. The number of aliphatic hydroxyl groups is 1. The number of hydrogen-bond donors (Lipinski definition) is 2. The van der Waals surface area contributed by atoms with E-state index in [1.807, 2.05) is 60.7 Å². The van der Waals surface area contributed by atoms with Gasteiger partial charge in [0.1, 0.15) is 0 Å². The Morgan fingerprint density at radius 1 is 0.517 bits per heavy atom. The number of amides is 2. The SMILES string of the molecule is CC(=O)c1cc(Cl)cc(Cl)c1.Nc1ccc(Br)cc1.O=C(CBr)c1cc(Cl)cc(Cl)c1.O=C(CCc1ccc(Cl)cc1)c1cc(Cl)cc(Cl)c1.O=C1N(c2ccc(Cl)cc2)CC(O)(c2cc(Cl)cc(Cl)c2)N1c1ccc(Cl)cc1.O=C=Nc1ccc(Br)cc1. The Bertz CT molecular complexity index is 3840. The molecule has 0 bridgehead atoms. The Hall–Kier alpha value is -4.97. The lowest BCUT2D eigenvalue weighted by Gasteiger charge is -2.32. The van der Waals surface area contributed by atoms with Gasteiger partial charge in [0.15, 0.2) is 23.1 Å². The molecule has 2 amide bonds. The summed E-state index contributed by atoms with van der Waals surface area (Å²) in [5, 5.41) is 17.4. The predicted octanol–water partition coefficient (Wildman–Crippen LogP) is 23.3. The quantitative estimate of drug-likeness (QED) is 0.0430. The van der Waals surface area contributed by atoms with E-state index in [0.29, 0.717) is 107 Å². The van der Waals surface area contributed by atoms with Gasteiger partial charge in [0.25, 0.3) is 0 Å². The van der Waals surface area contributed by atoms with E-state index in [1.54, 1.807) is 133 Å². The van der Waals surface area contributed by atoms with Crippen LogP contribution in [0.5, 0.6) is 0 Å². The number of isocyanates is 1. The number of urea groups is 1. The zero-order valence-corrected chi connectivity index (χ0v) is 59.1. The third-order valence-corrected chi connectivity index (χ3v) is 16.0. The lowest BCUT2D eigenvalue weighted by molar-refractivity contribution is 0.0655. The highest BCUT2D eigenvalue weighted by molar-refractivity contribution is 9.10. The molecule has 3 N–H and O–H groups in total. The molecular weight excluding hydrogens is 1560 g/mol. The van der Waals surface area contributed by atoms with Crippen LogP contribution >= 0.6 is 175 Å². The highest BCUT2D eigenvalue weighted by atomic mass is 79.9. The first-order chi connectivity index (χ1) is 42.2. The number of nitrogen functional groups attached to an aromatic ring is 1. The summed E-state index contributed by atoms with van der Waals surface area (Å²) in [6.07, 6.45) is 2.54. The van der Waals surface area contributed by atoms with Crippen molar-refractivity contribution in [1.29, 1.82) is 0 Å². The first kappa shape index (κ1) is 74.8. The van der Waals surface area contributed by atoms with Gasteiger partial charge in [0.05, 0.1) is 17.6 Å². The number of anilines is 3. The van der Waals surface area contributed by atoms with Crippen molar-refractivity contribution < 1.29 is 29.1 Å². The summed E-state index contributed by atoms with van der Waals surface area (Å²) in [5.41, 5.74) is 9.30. The minimum atomic E-state index is -1.71. The number of carbonyl (C=O) groups excluding carboxylic acids is 5. The van der Waals surface area contributed by atoms with Gasteiger partial charge in [-0.15, -0.1) is 0 Å². The number of alkyl halides is 1. The summed E-state index contributed by atoms with van der Waals surface area (Å²) in [7, 11) is 0. The fourth-order valence-electron chi connectivity index (χ4n) is 7.73. The topological polar surface area (TPSA) is 150 Å². The highest BCUT2D eigenvalue weighted by Gasteiger charge is 2.51. The molecule has 10 nitrogen and oxygen atoms in total. The van der Waals surface area contributed by atoms with Crippen molar-refractivity contribution in [1.82, 2.24) is 0 Å². The van der Waals surface area contributed by atoms with E-state index in [0.717, 1.165) is 20.2 Å². The fourth-order valence-corrected chi connectivity index (χ4v) is 11.1. The largest absolute Gasteiger partial charge is 0.399 e. The van der Waals surface area contributed by atoms with E-state index >= 15 is 0 Å². The standard InChI is InChI=1S/C21H14Cl4N2O2.C15H11Cl3O.C8H5BrCl2O.C8H6Cl2O.C7H4BrNO.C6H6BrN/c22-14-1-5-18(6-2-14)26-12-21(29,13-9-16(24)11-17(25)10-13)27(20(26)28)19-7-3-15(23)4-8-19;16-12-4-1-10(2-5-12)3-6-15(19)11-7-13(17)9-14(18)8-11;9-4-8(12)5-1-6(10)3-7(11)2-5;1-5(11)6-2-7(9)4-8(10)3-6;8-6-1-3-7(4-2-6)9-5-10;7-5-1-3-6(8)4-2-5/h1-11,29H,12H2;1-2,4-5,7-9H,3,6H2;1-3H,4H2;2-4H,1H3;1-4H;1-4H,8H2. The summed E-state index contributed by atoms with van der Waals surface area (Å²) in [5.74, 6) is -0.0341. The van der Waals surface area contributed by atoms with E-state index in [9.17, 15) is 29.1 Å². The van der Waals surface area contributed by atoms with Crippen LogP contribution in [0.2, 0.25) is 55.2 Å². The molecule has 0 spiro atoms. The molecule has 0 aromatic heterocycles. The maximum Gasteiger partial charge on any atom is 0.331 e. The van der Waals surface area contributed by atoms with Crippen LogP contribution in [0.4, 0.5) is 27.5 Å². The second kappa shape index (κ2) is 36.9. The van der Waals surface area contributed by atoms with Crippen molar-refractivity contribution in [2.45, 2.75) is 25.5 Å². The monoisotopic (exact) mass is 1600 g/mol. The molecule has 1 heterocycles. The van der Waals surface area contributed by atoms with Gasteiger partial charge in [-0.3, -0.25) is 24.2 Å². The number of carbonyl (C=O) groups is 4. The Morgan fingerprint density at radius 3 is 1.28 bits per heavy atom. The number of aliphatic imine (C=N–C) groups is 1. The average molecular weight is 1610 g/mol. The molecule has 9 aromatic carbocycles. The number of Topliss-reactive ketones (excluding diaryl/α,β-unsaturated/α-hetero) is 3. The first-order valence-corrected chi connectivity index (χ1v) is 32.5. The third-order valence-electron chi connectivity index (χ3n) is 11.9. The van der Waals surface area contributed by atoms with Crippen molar-refractivity contribution in [3.63, 3.8) is 0 Å². The lowest BCUT2D eigenvalue weighted by Crippen LogP contribution is -2.44. The maximum atomic E-state index is 13.4. The molecule has 1 fully saturated rings. The Kier molecular flexibility index (Phi) is 31.0. The van der Waals surface area contributed by atoms with Crippen molar-refractivity contribution >= 4 is 228 Å². The molecule has 9 aromatic rings. The molecule has 1 saturated heterocycles. The molecule has 1 aliphatic rings. The molecular formula is C65H46Br3Cl11N4O6. The second-order valence-electron chi connectivity index (χ2n) is 18.5. The van der Waals surface area contributed by atoms with Gasteiger partial charge < -0.3 is 10.8 Å². The van der Waals surface area contributed by atoms with Crippen LogP contribution in [-0.2, 0) is 16.9 Å². The van der Waals surface area contributed by atoms with E-state index in [4.69, 9.17) is 133 Å². The third kappa shape index (κ3) is 24.9. The van der Waals surface area contributed by atoms with Crippen LogP contribution in [0.15, 0.2) is 208 Å². The highest BCUT2D eigenvalue weighted by Crippen LogP contribution is 2.42. The Labute approximate surface area is 594 Å². The molecule has 0 aliphatic carbocycles. The van der Waals surface area contributed by atoms with Crippen LogP contribution in [0, 0.1) is 0 Å². The Balaban J connectivity index is 0.000000208. The minimum Gasteiger partial charge on any atom is -0.399 e. The summed E-state index contributed by atoms with van der Waals surface area (Å²) in [4.78, 5) is 63.4. The lowest BCUT2D eigenvalue weighted by atomic mass is 10.0. The normalized spacial score (nSPS) is 12.8. The Morgan fingerprint density at radius 2 is 0.888 bits per heavy atom. The number of β-amino-alcohol motifs (C(OH)–C–C–N with tert-alkyl or cyclic N) is 1. The molecule has 1 aliphatic heterocycles.